The number of nitrogens with zero attached hydrogens (tertiary/aromatic N) is 6. The molecule has 150 valence electrons. The number of anilines is 3. The minimum Gasteiger partial charge on any atom is -0.474 e. The molecule has 2 aliphatic heterocycles. The molecule has 0 unspecified atom stereocenters. The Balaban J connectivity index is 1.36. The van der Waals surface area contributed by atoms with Crippen molar-refractivity contribution >= 4 is 28.3 Å². The SMILES string of the molecule is Cc1coc2ncnc(N3CCc4ncc(N5CCOc6ncccc65)cc4C3)c12. The summed E-state index contributed by atoms with van der Waals surface area (Å²) in [5.41, 5.74) is 6.07. The third kappa shape index (κ3) is 2.67. The highest BCUT2D eigenvalue weighted by Crippen LogP contribution is 2.36. The van der Waals surface area contributed by atoms with Gasteiger partial charge in [0.15, 0.2) is 0 Å². The van der Waals surface area contributed by atoms with Crippen molar-refractivity contribution in [1.82, 2.24) is 19.9 Å². The molecule has 30 heavy (non-hydrogen) atoms. The van der Waals surface area contributed by atoms with Crippen molar-refractivity contribution in [3.8, 4) is 5.88 Å². The minimum atomic E-state index is 0.603. The highest BCUT2D eigenvalue weighted by molar-refractivity contribution is 5.89. The highest BCUT2D eigenvalue weighted by atomic mass is 16.5. The molecule has 0 atom stereocenters. The fourth-order valence-corrected chi connectivity index (χ4v) is 4.30. The van der Waals surface area contributed by atoms with Crippen LogP contribution < -0.4 is 14.5 Å². The van der Waals surface area contributed by atoms with Gasteiger partial charge in [0.25, 0.3) is 0 Å². The molecule has 8 nitrogen and oxygen atoms in total. The summed E-state index contributed by atoms with van der Waals surface area (Å²) in [4.78, 5) is 22.5. The summed E-state index contributed by atoms with van der Waals surface area (Å²) >= 11 is 0. The van der Waals surface area contributed by atoms with E-state index in [1.165, 1.54) is 5.56 Å². The predicted molar refractivity (Wildman–Crippen MR) is 112 cm³/mol. The van der Waals surface area contributed by atoms with Crippen LogP contribution >= 0.6 is 0 Å². The second kappa shape index (κ2) is 6.69. The van der Waals surface area contributed by atoms with Gasteiger partial charge in [-0.05, 0) is 30.7 Å². The van der Waals surface area contributed by atoms with Gasteiger partial charge >= 0.3 is 0 Å². The van der Waals surface area contributed by atoms with Gasteiger partial charge in [0.1, 0.15) is 24.4 Å². The van der Waals surface area contributed by atoms with Crippen LogP contribution in [0.2, 0.25) is 0 Å². The molecule has 8 heteroatoms. The van der Waals surface area contributed by atoms with Crippen molar-refractivity contribution in [2.24, 2.45) is 0 Å². The Morgan fingerprint density at radius 3 is 3.03 bits per heavy atom. The lowest BCUT2D eigenvalue weighted by Crippen LogP contribution is -2.33. The first-order valence-electron chi connectivity index (χ1n) is 10.0. The van der Waals surface area contributed by atoms with E-state index in [0.29, 0.717) is 18.2 Å². The maximum atomic E-state index is 5.70. The molecule has 6 heterocycles. The molecule has 0 bridgehead atoms. The molecular formula is C22H20N6O2. The van der Waals surface area contributed by atoms with Crippen LogP contribution in [-0.2, 0) is 13.0 Å². The molecule has 6 rings (SSSR count). The second-order valence-electron chi connectivity index (χ2n) is 7.59. The van der Waals surface area contributed by atoms with Crippen LogP contribution in [0.5, 0.6) is 5.88 Å². The molecule has 0 saturated carbocycles. The van der Waals surface area contributed by atoms with Crippen LogP contribution in [0.4, 0.5) is 17.2 Å². The Bertz CT molecular complexity index is 1250. The first kappa shape index (κ1) is 17.2. The van der Waals surface area contributed by atoms with Crippen molar-refractivity contribution in [2.75, 3.05) is 29.5 Å². The third-order valence-corrected chi connectivity index (χ3v) is 5.77. The quantitative estimate of drug-likeness (QED) is 0.506. The van der Waals surface area contributed by atoms with Crippen LogP contribution in [0.25, 0.3) is 11.1 Å². The van der Waals surface area contributed by atoms with E-state index < -0.39 is 0 Å². The fourth-order valence-electron chi connectivity index (χ4n) is 4.30. The lowest BCUT2D eigenvalue weighted by atomic mass is 10.0. The summed E-state index contributed by atoms with van der Waals surface area (Å²) in [6.07, 6.45) is 7.90. The topological polar surface area (TPSA) is 80.4 Å². The van der Waals surface area contributed by atoms with Crippen LogP contribution in [0.3, 0.4) is 0 Å². The van der Waals surface area contributed by atoms with E-state index in [9.17, 15) is 0 Å². The van der Waals surface area contributed by atoms with Crippen molar-refractivity contribution in [1.29, 1.82) is 0 Å². The molecule has 0 radical (unpaired) electrons. The van der Waals surface area contributed by atoms with Crippen molar-refractivity contribution < 1.29 is 9.15 Å². The van der Waals surface area contributed by atoms with Crippen molar-refractivity contribution in [2.45, 2.75) is 19.9 Å². The number of fused-ring (bicyclic) bond motifs is 3. The van der Waals surface area contributed by atoms with Crippen LogP contribution in [0, 0.1) is 6.92 Å². The molecule has 4 aromatic rings. The maximum absolute atomic E-state index is 5.70. The zero-order valence-electron chi connectivity index (χ0n) is 16.6. The molecule has 0 spiro atoms. The number of hydrogen-bond donors (Lipinski definition) is 0. The number of hydrogen-bond acceptors (Lipinski definition) is 8. The highest BCUT2D eigenvalue weighted by Gasteiger charge is 2.25. The molecule has 4 aromatic heterocycles. The van der Waals surface area contributed by atoms with Crippen LogP contribution in [0.1, 0.15) is 16.8 Å². The van der Waals surface area contributed by atoms with Crippen LogP contribution in [-0.4, -0.2) is 39.6 Å². The largest absolute Gasteiger partial charge is 0.474 e. The average Bonchev–Trinajstić information content (AvgIpc) is 3.19. The maximum Gasteiger partial charge on any atom is 0.237 e. The Morgan fingerprint density at radius 2 is 2.07 bits per heavy atom. The van der Waals surface area contributed by atoms with Gasteiger partial charge in [-0.3, -0.25) is 4.98 Å². The van der Waals surface area contributed by atoms with E-state index in [4.69, 9.17) is 14.1 Å². The molecule has 0 amide bonds. The van der Waals surface area contributed by atoms with Crippen molar-refractivity contribution in [3.05, 3.63) is 60.0 Å². The number of ether oxygens (including phenoxy) is 1. The molecular weight excluding hydrogens is 380 g/mol. The summed E-state index contributed by atoms with van der Waals surface area (Å²) in [5, 5.41) is 0.984. The number of pyridine rings is 2. The van der Waals surface area contributed by atoms with Crippen molar-refractivity contribution in [3.63, 3.8) is 0 Å². The normalized spacial score (nSPS) is 15.6. The molecule has 0 fully saturated rings. The van der Waals surface area contributed by atoms with Gasteiger partial charge in [-0.15, -0.1) is 0 Å². The van der Waals surface area contributed by atoms with Gasteiger partial charge in [-0.2, -0.15) is 0 Å². The smallest absolute Gasteiger partial charge is 0.237 e. The van der Waals surface area contributed by atoms with E-state index in [2.05, 4.69) is 30.8 Å². The summed E-state index contributed by atoms with van der Waals surface area (Å²) < 4.78 is 11.3. The first-order chi connectivity index (χ1) is 14.8. The first-order valence-corrected chi connectivity index (χ1v) is 10.0. The molecule has 0 aliphatic carbocycles. The number of aromatic nitrogens is 4. The molecule has 0 saturated heterocycles. The molecule has 0 aromatic carbocycles. The third-order valence-electron chi connectivity index (χ3n) is 5.77. The number of aryl methyl sites for hydroxylation is 1. The van der Waals surface area contributed by atoms with Gasteiger partial charge < -0.3 is 19.0 Å². The summed E-state index contributed by atoms with van der Waals surface area (Å²) in [5.74, 6) is 1.59. The zero-order chi connectivity index (χ0) is 20.1. The second-order valence-corrected chi connectivity index (χ2v) is 7.59. The lowest BCUT2D eigenvalue weighted by Gasteiger charge is -2.33. The Hall–Kier alpha value is -3.68. The lowest BCUT2D eigenvalue weighted by molar-refractivity contribution is 0.301. The number of furan rings is 1. The minimum absolute atomic E-state index is 0.603. The van der Waals surface area contributed by atoms with Crippen LogP contribution in [0.15, 0.2) is 47.6 Å². The summed E-state index contributed by atoms with van der Waals surface area (Å²) in [6.45, 7) is 5.01. The van der Waals surface area contributed by atoms with Gasteiger partial charge in [0.2, 0.25) is 11.6 Å². The fraction of sp³-hybridized carbons (Fsp3) is 0.273. The molecule has 0 N–H and O–H groups in total. The van der Waals surface area contributed by atoms with Gasteiger partial charge in [0, 0.05) is 37.0 Å². The summed E-state index contributed by atoms with van der Waals surface area (Å²) in [7, 11) is 0. The summed E-state index contributed by atoms with van der Waals surface area (Å²) in [6, 6.07) is 6.20. The Kier molecular flexibility index (Phi) is 3.83. The average molecular weight is 400 g/mol. The van der Waals surface area contributed by atoms with E-state index in [1.54, 1.807) is 18.8 Å². The van der Waals surface area contributed by atoms with Gasteiger partial charge in [-0.1, -0.05) is 0 Å². The van der Waals surface area contributed by atoms with E-state index >= 15 is 0 Å². The standard InChI is InChI=1S/C22H20N6O2/c1-14-12-30-22-19(14)20(25-13-26-22)27-6-4-17-15(11-27)9-16(10-24-17)28-7-8-29-21-18(28)3-2-5-23-21/h2-3,5,9-10,12-13H,4,6-8,11H2,1H3. The zero-order valence-corrected chi connectivity index (χ0v) is 16.6. The Morgan fingerprint density at radius 1 is 1.10 bits per heavy atom. The number of rotatable bonds is 2. The van der Waals surface area contributed by atoms with Gasteiger partial charge in [-0.25, -0.2) is 15.0 Å². The van der Waals surface area contributed by atoms with E-state index in [0.717, 1.165) is 59.9 Å². The Labute approximate surface area is 173 Å². The molecule has 2 aliphatic rings. The van der Waals surface area contributed by atoms with Gasteiger partial charge in [0.05, 0.1) is 30.1 Å². The monoisotopic (exact) mass is 400 g/mol. The van der Waals surface area contributed by atoms with E-state index in [1.807, 2.05) is 25.3 Å². The van der Waals surface area contributed by atoms with E-state index in [-0.39, 0.29) is 0 Å². The predicted octanol–water partition coefficient (Wildman–Crippen LogP) is 3.41.